The molecule has 1 saturated carbocycles. The summed E-state index contributed by atoms with van der Waals surface area (Å²) in [5.41, 5.74) is 0. The first-order valence-corrected chi connectivity index (χ1v) is 3.32. The molecular weight excluding hydrogens is 114 g/mol. The Balaban J connectivity index is 2.31. The highest BCUT2D eigenvalue weighted by molar-refractivity contribution is 5.33. The van der Waals surface area contributed by atoms with Crippen LogP contribution in [0.3, 0.4) is 0 Å². The molecule has 0 bridgehead atoms. The van der Waals surface area contributed by atoms with Gasteiger partial charge in [-0.1, -0.05) is 0 Å². The maximum absolute atomic E-state index is 9.77. The van der Waals surface area contributed by atoms with E-state index in [4.69, 9.17) is 0 Å². The van der Waals surface area contributed by atoms with Gasteiger partial charge in [-0.3, -0.25) is 0 Å². The SMILES string of the molecule is O=C=NC1CC[CH]CC1. The lowest BCUT2D eigenvalue weighted by Gasteiger charge is -2.14. The number of hydrogen-bond acceptors (Lipinski definition) is 2. The molecule has 0 unspecified atom stereocenters. The second-order valence-corrected chi connectivity index (χ2v) is 2.32. The molecule has 0 amide bonds. The molecular formula is C7H10NO. The largest absolute Gasteiger partial charge is 0.235 e. The molecule has 2 nitrogen and oxygen atoms in total. The van der Waals surface area contributed by atoms with Gasteiger partial charge < -0.3 is 0 Å². The Hall–Kier alpha value is -0.620. The molecule has 2 heteroatoms. The molecule has 0 saturated heterocycles. The Morgan fingerprint density at radius 1 is 1.44 bits per heavy atom. The van der Waals surface area contributed by atoms with E-state index >= 15 is 0 Å². The van der Waals surface area contributed by atoms with Crippen LogP contribution in [0.25, 0.3) is 0 Å². The van der Waals surface area contributed by atoms with Crippen LogP contribution in [0.2, 0.25) is 0 Å². The summed E-state index contributed by atoms with van der Waals surface area (Å²) in [5.74, 6) is 0. The van der Waals surface area contributed by atoms with Crippen molar-refractivity contribution >= 4 is 6.08 Å². The summed E-state index contributed by atoms with van der Waals surface area (Å²) in [6, 6.07) is 0.271. The van der Waals surface area contributed by atoms with Crippen molar-refractivity contribution in [3.63, 3.8) is 0 Å². The number of hydrogen-bond donors (Lipinski definition) is 0. The normalized spacial score (nSPS) is 20.9. The van der Waals surface area contributed by atoms with Crippen LogP contribution in [0.4, 0.5) is 0 Å². The number of aliphatic imine (C=N–C) groups is 1. The van der Waals surface area contributed by atoms with Crippen molar-refractivity contribution in [2.45, 2.75) is 31.7 Å². The Labute approximate surface area is 55.0 Å². The zero-order valence-electron chi connectivity index (χ0n) is 5.34. The average Bonchev–Trinajstić information content (AvgIpc) is 1.91. The fourth-order valence-electron chi connectivity index (χ4n) is 1.11. The van der Waals surface area contributed by atoms with Crippen LogP contribution in [0.15, 0.2) is 4.99 Å². The van der Waals surface area contributed by atoms with Crippen LogP contribution in [0.5, 0.6) is 0 Å². The molecule has 0 aromatic heterocycles. The summed E-state index contributed by atoms with van der Waals surface area (Å²) < 4.78 is 0. The number of nitrogens with zero attached hydrogens (tertiary/aromatic N) is 1. The fraction of sp³-hybridized carbons (Fsp3) is 0.714. The summed E-state index contributed by atoms with van der Waals surface area (Å²) in [5, 5.41) is 0. The second kappa shape index (κ2) is 3.41. The van der Waals surface area contributed by atoms with E-state index < -0.39 is 0 Å². The Kier molecular flexibility index (Phi) is 2.47. The summed E-state index contributed by atoms with van der Waals surface area (Å²) in [6.45, 7) is 0. The summed E-state index contributed by atoms with van der Waals surface area (Å²) in [4.78, 5) is 13.4. The van der Waals surface area contributed by atoms with Crippen LogP contribution in [-0.4, -0.2) is 12.1 Å². The quantitative estimate of drug-likeness (QED) is 0.384. The highest BCUT2D eigenvalue weighted by atomic mass is 16.1. The Morgan fingerprint density at radius 2 is 2.11 bits per heavy atom. The van der Waals surface area contributed by atoms with Gasteiger partial charge in [0.1, 0.15) is 0 Å². The van der Waals surface area contributed by atoms with Crippen molar-refractivity contribution in [2.24, 2.45) is 4.99 Å². The van der Waals surface area contributed by atoms with Gasteiger partial charge in [0.2, 0.25) is 6.08 Å². The third-order valence-electron chi connectivity index (χ3n) is 1.64. The van der Waals surface area contributed by atoms with Crippen LogP contribution < -0.4 is 0 Å². The Bertz CT molecular complexity index is 121. The van der Waals surface area contributed by atoms with Crippen molar-refractivity contribution < 1.29 is 4.79 Å². The predicted molar refractivity (Wildman–Crippen MR) is 34.7 cm³/mol. The molecule has 1 fully saturated rings. The van der Waals surface area contributed by atoms with Gasteiger partial charge in [-0.2, -0.15) is 0 Å². The van der Waals surface area contributed by atoms with E-state index in [1.165, 1.54) is 0 Å². The van der Waals surface area contributed by atoms with Crippen molar-refractivity contribution in [2.75, 3.05) is 0 Å². The van der Waals surface area contributed by atoms with E-state index in [-0.39, 0.29) is 6.04 Å². The van der Waals surface area contributed by atoms with Crippen molar-refractivity contribution in [3.05, 3.63) is 6.42 Å². The molecule has 9 heavy (non-hydrogen) atoms. The number of carbonyl (C=O) groups excluding carboxylic acids is 1. The molecule has 0 atom stereocenters. The van der Waals surface area contributed by atoms with Gasteiger partial charge >= 0.3 is 0 Å². The van der Waals surface area contributed by atoms with Gasteiger partial charge in [0.05, 0.1) is 6.04 Å². The van der Waals surface area contributed by atoms with Gasteiger partial charge in [0.25, 0.3) is 0 Å². The molecule has 0 N–H and O–H groups in total. The van der Waals surface area contributed by atoms with E-state index in [0.717, 1.165) is 25.7 Å². The molecule has 1 rings (SSSR count). The van der Waals surface area contributed by atoms with E-state index in [1.807, 2.05) is 0 Å². The lowest BCUT2D eigenvalue weighted by Crippen LogP contribution is -2.08. The lowest BCUT2D eigenvalue weighted by molar-refractivity contribution is 0.498. The molecule has 0 aliphatic heterocycles. The fourth-order valence-corrected chi connectivity index (χ4v) is 1.11. The number of isocyanates is 1. The summed E-state index contributed by atoms with van der Waals surface area (Å²) >= 11 is 0. The number of rotatable bonds is 1. The molecule has 49 valence electrons. The molecule has 1 radical (unpaired) electrons. The monoisotopic (exact) mass is 124 g/mol. The van der Waals surface area contributed by atoms with Crippen molar-refractivity contribution in [3.8, 4) is 0 Å². The third kappa shape index (κ3) is 1.98. The maximum atomic E-state index is 9.77. The Morgan fingerprint density at radius 3 is 2.67 bits per heavy atom. The zero-order chi connectivity index (χ0) is 6.53. The third-order valence-corrected chi connectivity index (χ3v) is 1.64. The van der Waals surface area contributed by atoms with Gasteiger partial charge in [0.15, 0.2) is 0 Å². The van der Waals surface area contributed by atoms with Gasteiger partial charge in [-0.15, -0.1) is 0 Å². The van der Waals surface area contributed by atoms with Crippen molar-refractivity contribution in [1.29, 1.82) is 0 Å². The van der Waals surface area contributed by atoms with Crippen LogP contribution >= 0.6 is 0 Å². The molecule has 0 spiro atoms. The molecule has 0 aromatic rings. The van der Waals surface area contributed by atoms with E-state index in [2.05, 4.69) is 11.4 Å². The minimum absolute atomic E-state index is 0.271. The zero-order valence-corrected chi connectivity index (χ0v) is 5.34. The first-order chi connectivity index (χ1) is 4.43. The highest BCUT2D eigenvalue weighted by Crippen LogP contribution is 2.18. The van der Waals surface area contributed by atoms with Crippen LogP contribution in [-0.2, 0) is 4.79 Å². The highest BCUT2D eigenvalue weighted by Gasteiger charge is 2.10. The molecule has 0 heterocycles. The molecule has 1 aliphatic carbocycles. The topological polar surface area (TPSA) is 29.4 Å². The van der Waals surface area contributed by atoms with Gasteiger partial charge in [-0.05, 0) is 32.1 Å². The maximum Gasteiger partial charge on any atom is 0.235 e. The first kappa shape index (κ1) is 6.50. The molecule has 0 aromatic carbocycles. The van der Waals surface area contributed by atoms with Crippen molar-refractivity contribution in [1.82, 2.24) is 0 Å². The molecule has 1 aliphatic rings. The standard InChI is InChI=1S/C7H10NO/c9-6-8-7-4-2-1-3-5-7/h1,7H,2-5H2. The van der Waals surface area contributed by atoms with E-state index in [9.17, 15) is 4.79 Å². The minimum Gasteiger partial charge on any atom is -0.211 e. The van der Waals surface area contributed by atoms with Gasteiger partial charge in [-0.25, -0.2) is 9.79 Å². The van der Waals surface area contributed by atoms with Crippen LogP contribution in [0, 0.1) is 6.42 Å². The second-order valence-electron chi connectivity index (χ2n) is 2.32. The average molecular weight is 124 g/mol. The van der Waals surface area contributed by atoms with E-state index in [0.29, 0.717) is 0 Å². The smallest absolute Gasteiger partial charge is 0.211 e. The summed E-state index contributed by atoms with van der Waals surface area (Å²) in [6.07, 6.45) is 8.13. The van der Waals surface area contributed by atoms with Crippen LogP contribution in [0.1, 0.15) is 25.7 Å². The first-order valence-electron chi connectivity index (χ1n) is 3.32. The lowest BCUT2D eigenvalue weighted by atomic mass is 9.96. The van der Waals surface area contributed by atoms with E-state index in [1.54, 1.807) is 6.08 Å². The minimum atomic E-state index is 0.271. The predicted octanol–water partition coefficient (Wildman–Crippen LogP) is 1.47. The summed E-state index contributed by atoms with van der Waals surface area (Å²) in [7, 11) is 0. The van der Waals surface area contributed by atoms with Gasteiger partial charge in [0, 0.05) is 0 Å².